The van der Waals surface area contributed by atoms with Crippen molar-refractivity contribution in [3.05, 3.63) is 78.1 Å². The third-order valence-corrected chi connectivity index (χ3v) is 4.01. The van der Waals surface area contributed by atoms with E-state index in [1.54, 1.807) is 36.6 Å². The summed E-state index contributed by atoms with van der Waals surface area (Å²) in [6.45, 7) is 0. The van der Waals surface area contributed by atoms with Crippen LogP contribution in [-0.4, -0.2) is 16.1 Å². The Balaban J connectivity index is 1.53. The smallest absolute Gasteiger partial charge is 0.416 e. The molecule has 9 heteroatoms. The highest BCUT2D eigenvalue weighted by molar-refractivity contribution is 6.03. The zero-order valence-corrected chi connectivity index (χ0v) is 14.6. The average Bonchev–Trinajstić information content (AvgIpc) is 3.40. The van der Waals surface area contributed by atoms with Crippen LogP contribution in [0.2, 0.25) is 0 Å². The Morgan fingerprint density at radius 3 is 2.48 bits per heavy atom. The average molecular weight is 399 g/mol. The van der Waals surface area contributed by atoms with Crippen molar-refractivity contribution in [3.63, 3.8) is 0 Å². The molecule has 4 rings (SSSR count). The lowest BCUT2D eigenvalue weighted by molar-refractivity contribution is -0.137. The SMILES string of the molecule is O=C(Nc1nnc(-c2cccc(-c3ccco3)c2)o1)c1cccc(C(F)(F)F)c1. The fraction of sp³-hybridized carbons (Fsp3) is 0.0500. The minimum Gasteiger partial charge on any atom is -0.464 e. The molecule has 0 fully saturated rings. The Labute approximate surface area is 162 Å². The molecule has 0 spiro atoms. The van der Waals surface area contributed by atoms with E-state index in [2.05, 4.69) is 15.5 Å². The Morgan fingerprint density at radius 1 is 0.931 bits per heavy atom. The van der Waals surface area contributed by atoms with Crippen LogP contribution in [0.25, 0.3) is 22.8 Å². The molecule has 146 valence electrons. The van der Waals surface area contributed by atoms with E-state index in [4.69, 9.17) is 8.83 Å². The zero-order chi connectivity index (χ0) is 20.4. The number of amides is 1. The summed E-state index contributed by atoms with van der Waals surface area (Å²) in [7, 11) is 0. The van der Waals surface area contributed by atoms with Crippen LogP contribution in [0.1, 0.15) is 15.9 Å². The Kier molecular flexibility index (Phi) is 4.63. The number of alkyl halides is 3. The van der Waals surface area contributed by atoms with Gasteiger partial charge in [0.2, 0.25) is 5.89 Å². The van der Waals surface area contributed by atoms with Gasteiger partial charge in [-0.1, -0.05) is 23.3 Å². The largest absolute Gasteiger partial charge is 0.464 e. The number of furan rings is 1. The van der Waals surface area contributed by atoms with Crippen LogP contribution in [-0.2, 0) is 6.18 Å². The zero-order valence-electron chi connectivity index (χ0n) is 14.6. The molecule has 4 aromatic rings. The third-order valence-electron chi connectivity index (χ3n) is 4.01. The molecule has 2 aromatic carbocycles. The van der Waals surface area contributed by atoms with Crippen LogP contribution >= 0.6 is 0 Å². The maximum atomic E-state index is 12.8. The molecule has 0 bridgehead atoms. The third kappa shape index (κ3) is 4.03. The number of rotatable bonds is 4. The van der Waals surface area contributed by atoms with Crippen molar-refractivity contribution < 1.29 is 26.8 Å². The van der Waals surface area contributed by atoms with Crippen molar-refractivity contribution in [2.75, 3.05) is 5.32 Å². The molecule has 0 unspecified atom stereocenters. The summed E-state index contributed by atoms with van der Waals surface area (Å²) in [5, 5.41) is 9.90. The first kappa shape index (κ1) is 18.5. The van der Waals surface area contributed by atoms with E-state index in [0.717, 1.165) is 23.8 Å². The van der Waals surface area contributed by atoms with Crippen LogP contribution in [0, 0.1) is 0 Å². The van der Waals surface area contributed by atoms with Gasteiger partial charge in [0.25, 0.3) is 5.91 Å². The summed E-state index contributed by atoms with van der Waals surface area (Å²) < 4.78 is 49.2. The molecule has 0 aliphatic rings. The highest BCUT2D eigenvalue weighted by Crippen LogP contribution is 2.30. The van der Waals surface area contributed by atoms with E-state index >= 15 is 0 Å². The molecular formula is C20H12F3N3O3. The van der Waals surface area contributed by atoms with Crippen LogP contribution in [0.5, 0.6) is 0 Å². The van der Waals surface area contributed by atoms with Gasteiger partial charge >= 0.3 is 12.2 Å². The van der Waals surface area contributed by atoms with Crippen molar-refractivity contribution in [3.8, 4) is 22.8 Å². The quantitative estimate of drug-likeness (QED) is 0.506. The second-order valence-corrected chi connectivity index (χ2v) is 6.00. The van der Waals surface area contributed by atoms with Gasteiger partial charge in [-0.15, -0.1) is 5.10 Å². The standard InChI is InChI=1S/C20H12F3N3O3/c21-20(22,23)15-7-2-5-13(11-15)17(27)24-19-26-25-18(29-19)14-6-1-4-12(10-14)16-8-3-9-28-16/h1-11H,(H,24,26,27). The van der Waals surface area contributed by atoms with E-state index in [9.17, 15) is 18.0 Å². The Bertz CT molecular complexity index is 1150. The highest BCUT2D eigenvalue weighted by Gasteiger charge is 2.31. The van der Waals surface area contributed by atoms with Crippen molar-refractivity contribution in [1.29, 1.82) is 0 Å². The van der Waals surface area contributed by atoms with Gasteiger partial charge < -0.3 is 8.83 Å². The second-order valence-electron chi connectivity index (χ2n) is 6.00. The molecule has 6 nitrogen and oxygen atoms in total. The lowest BCUT2D eigenvalue weighted by Crippen LogP contribution is -2.14. The number of nitrogens with zero attached hydrogens (tertiary/aromatic N) is 2. The van der Waals surface area contributed by atoms with Gasteiger partial charge in [0.05, 0.1) is 11.8 Å². The Morgan fingerprint density at radius 2 is 1.72 bits per heavy atom. The number of nitrogens with one attached hydrogen (secondary N) is 1. The number of benzene rings is 2. The summed E-state index contributed by atoms with van der Waals surface area (Å²) in [4.78, 5) is 12.2. The number of carbonyl (C=O) groups is 1. The minimum atomic E-state index is -4.55. The van der Waals surface area contributed by atoms with Crippen LogP contribution < -0.4 is 5.32 Å². The van der Waals surface area contributed by atoms with Gasteiger partial charge in [0.15, 0.2) is 0 Å². The Hall–Kier alpha value is -3.88. The van der Waals surface area contributed by atoms with Crippen molar-refractivity contribution >= 4 is 11.9 Å². The molecule has 0 atom stereocenters. The van der Waals surface area contributed by atoms with Crippen molar-refractivity contribution in [2.45, 2.75) is 6.18 Å². The molecule has 0 saturated carbocycles. The number of anilines is 1. The molecule has 2 heterocycles. The summed E-state index contributed by atoms with van der Waals surface area (Å²) >= 11 is 0. The van der Waals surface area contributed by atoms with Gasteiger partial charge in [0.1, 0.15) is 5.76 Å². The molecule has 2 aromatic heterocycles. The van der Waals surface area contributed by atoms with E-state index in [1.165, 1.54) is 6.07 Å². The fourth-order valence-corrected chi connectivity index (χ4v) is 2.64. The van der Waals surface area contributed by atoms with E-state index in [0.29, 0.717) is 11.3 Å². The van der Waals surface area contributed by atoms with Crippen LogP contribution in [0.4, 0.5) is 19.2 Å². The number of carbonyl (C=O) groups excluding carboxylic acids is 1. The summed E-state index contributed by atoms with van der Waals surface area (Å²) in [6, 6.07) is 14.5. The van der Waals surface area contributed by atoms with Gasteiger partial charge in [-0.05, 0) is 42.5 Å². The van der Waals surface area contributed by atoms with E-state index in [1.807, 2.05) is 6.07 Å². The first-order chi connectivity index (χ1) is 13.9. The van der Waals surface area contributed by atoms with Gasteiger partial charge in [-0.3, -0.25) is 10.1 Å². The van der Waals surface area contributed by atoms with Crippen LogP contribution in [0.15, 0.2) is 75.8 Å². The molecule has 1 N–H and O–H groups in total. The molecule has 0 aliphatic carbocycles. The maximum Gasteiger partial charge on any atom is 0.416 e. The number of halogens is 3. The highest BCUT2D eigenvalue weighted by atomic mass is 19.4. The molecule has 0 aliphatic heterocycles. The van der Waals surface area contributed by atoms with Crippen molar-refractivity contribution in [2.24, 2.45) is 0 Å². The van der Waals surface area contributed by atoms with Gasteiger partial charge in [-0.25, -0.2) is 0 Å². The number of hydrogen-bond acceptors (Lipinski definition) is 5. The van der Waals surface area contributed by atoms with E-state index < -0.39 is 17.6 Å². The summed E-state index contributed by atoms with van der Waals surface area (Å²) in [5.41, 5.74) is 0.275. The molecule has 0 saturated heterocycles. The molecule has 1 amide bonds. The van der Waals surface area contributed by atoms with Gasteiger partial charge in [0, 0.05) is 16.7 Å². The molecule has 29 heavy (non-hydrogen) atoms. The normalized spacial score (nSPS) is 11.4. The predicted octanol–water partition coefficient (Wildman–Crippen LogP) is 5.27. The number of hydrogen-bond donors (Lipinski definition) is 1. The first-order valence-corrected chi connectivity index (χ1v) is 8.36. The minimum absolute atomic E-state index is 0.137. The monoisotopic (exact) mass is 399 g/mol. The summed E-state index contributed by atoms with van der Waals surface area (Å²) in [6.07, 6.45) is -3.00. The maximum absolute atomic E-state index is 12.8. The van der Waals surface area contributed by atoms with Crippen molar-refractivity contribution in [1.82, 2.24) is 10.2 Å². The lowest BCUT2D eigenvalue weighted by Gasteiger charge is -2.07. The van der Waals surface area contributed by atoms with Crippen LogP contribution in [0.3, 0.4) is 0 Å². The van der Waals surface area contributed by atoms with E-state index in [-0.39, 0.29) is 17.5 Å². The molecule has 0 radical (unpaired) electrons. The predicted molar refractivity (Wildman–Crippen MR) is 96.8 cm³/mol. The fourth-order valence-electron chi connectivity index (χ4n) is 2.64. The summed E-state index contributed by atoms with van der Waals surface area (Å²) in [5.74, 6) is -0.00202. The molecular weight excluding hydrogens is 387 g/mol. The lowest BCUT2D eigenvalue weighted by atomic mass is 10.1. The second kappa shape index (κ2) is 7.27. The number of aromatic nitrogens is 2. The topological polar surface area (TPSA) is 81.2 Å². The van der Waals surface area contributed by atoms with Gasteiger partial charge in [-0.2, -0.15) is 13.2 Å². The first-order valence-electron chi connectivity index (χ1n) is 8.36.